The molecule has 4 heteroatoms. The molecule has 4 nitrogen and oxygen atoms in total. The second-order valence-corrected chi connectivity index (χ2v) is 4.27. The van der Waals surface area contributed by atoms with Gasteiger partial charge in [0.25, 0.3) is 5.91 Å². The lowest BCUT2D eigenvalue weighted by molar-refractivity contribution is 0.101. The van der Waals surface area contributed by atoms with Crippen LogP contribution in [0.15, 0.2) is 42.6 Å². The fourth-order valence-electron chi connectivity index (χ4n) is 1.75. The molecule has 0 unspecified atom stereocenters. The van der Waals surface area contributed by atoms with Crippen molar-refractivity contribution < 1.29 is 9.59 Å². The summed E-state index contributed by atoms with van der Waals surface area (Å²) in [5, 5.41) is 2.73. The van der Waals surface area contributed by atoms with E-state index in [9.17, 15) is 9.59 Å². The quantitative estimate of drug-likeness (QED) is 0.857. The van der Waals surface area contributed by atoms with E-state index in [0.29, 0.717) is 16.9 Å². The first-order valence-corrected chi connectivity index (χ1v) is 5.92. The molecular formula is C15H14N2O2. The molecule has 0 fully saturated rings. The van der Waals surface area contributed by atoms with E-state index in [1.807, 2.05) is 13.0 Å². The number of ketones is 1. The smallest absolute Gasteiger partial charge is 0.274 e. The van der Waals surface area contributed by atoms with E-state index in [4.69, 9.17) is 0 Å². The number of pyridine rings is 1. The Kier molecular flexibility index (Phi) is 3.71. The van der Waals surface area contributed by atoms with Crippen molar-refractivity contribution >= 4 is 17.4 Å². The Morgan fingerprint density at radius 3 is 2.58 bits per heavy atom. The molecule has 2 rings (SSSR count). The molecule has 0 radical (unpaired) electrons. The SMILES string of the molecule is CC(=O)c1ccc(C)cc1NC(=O)c1ccccn1. The number of anilines is 1. The summed E-state index contributed by atoms with van der Waals surface area (Å²) < 4.78 is 0. The highest BCUT2D eigenvalue weighted by atomic mass is 16.2. The van der Waals surface area contributed by atoms with Gasteiger partial charge in [0.2, 0.25) is 0 Å². The van der Waals surface area contributed by atoms with Crippen molar-refractivity contribution in [2.75, 3.05) is 5.32 Å². The van der Waals surface area contributed by atoms with Crippen LogP contribution in [0.5, 0.6) is 0 Å². The first-order chi connectivity index (χ1) is 9.08. The minimum absolute atomic E-state index is 0.0867. The van der Waals surface area contributed by atoms with Gasteiger partial charge in [0, 0.05) is 11.8 Å². The van der Waals surface area contributed by atoms with Gasteiger partial charge in [-0.05, 0) is 43.7 Å². The van der Waals surface area contributed by atoms with Crippen LogP contribution in [0.2, 0.25) is 0 Å². The normalized spacial score (nSPS) is 10.0. The molecule has 2 aromatic rings. The number of carbonyl (C=O) groups is 2. The summed E-state index contributed by atoms with van der Waals surface area (Å²) >= 11 is 0. The minimum Gasteiger partial charge on any atom is -0.320 e. The first-order valence-electron chi connectivity index (χ1n) is 5.92. The molecule has 0 aliphatic rings. The number of nitrogens with one attached hydrogen (secondary N) is 1. The summed E-state index contributed by atoms with van der Waals surface area (Å²) in [6.07, 6.45) is 1.55. The average Bonchev–Trinajstić information content (AvgIpc) is 2.39. The van der Waals surface area contributed by atoms with Gasteiger partial charge in [-0.25, -0.2) is 0 Å². The summed E-state index contributed by atoms with van der Waals surface area (Å²) in [6.45, 7) is 3.38. The maximum absolute atomic E-state index is 12.0. The summed E-state index contributed by atoms with van der Waals surface area (Å²) in [4.78, 5) is 27.5. The second kappa shape index (κ2) is 5.44. The molecule has 1 heterocycles. The maximum Gasteiger partial charge on any atom is 0.274 e. The van der Waals surface area contributed by atoms with Crippen LogP contribution in [-0.4, -0.2) is 16.7 Å². The topological polar surface area (TPSA) is 59.1 Å². The number of hydrogen-bond donors (Lipinski definition) is 1. The van der Waals surface area contributed by atoms with Crippen molar-refractivity contribution in [3.8, 4) is 0 Å². The molecule has 0 aliphatic heterocycles. The van der Waals surface area contributed by atoms with E-state index in [2.05, 4.69) is 10.3 Å². The standard InChI is InChI=1S/C15H14N2O2/c1-10-6-7-12(11(2)18)14(9-10)17-15(19)13-5-3-4-8-16-13/h3-9H,1-2H3,(H,17,19). The van der Waals surface area contributed by atoms with E-state index in [1.54, 1.807) is 36.5 Å². The molecule has 1 aromatic heterocycles. The predicted molar refractivity (Wildman–Crippen MR) is 73.4 cm³/mol. The Bertz CT molecular complexity index is 621. The Balaban J connectivity index is 2.31. The second-order valence-electron chi connectivity index (χ2n) is 4.27. The molecule has 0 atom stereocenters. The van der Waals surface area contributed by atoms with E-state index in [-0.39, 0.29) is 11.7 Å². The zero-order valence-corrected chi connectivity index (χ0v) is 10.8. The van der Waals surface area contributed by atoms with Crippen molar-refractivity contribution in [1.29, 1.82) is 0 Å². The molecule has 1 aromatic carbocycles. The molecule has 0 spiro atoms. The Hall–Kier alpha value is -2.49. The van der Waals surface area contributed by atoms with Gasteiger partial charge in [0.1, 0.15) is 5.69 Å². The van der Waals surface area contributed by atoms with Crippen LogP contribution in [0.3, 0.4) is 0 Å². The number of aromatic nitrogens is 1. The number of nitrogens with zero attached hydrogens (tertiary/aromatic N) is 1. The maximum atomic E-state index is 12.0. The Morgan fingerprint density at radius 2 is 1.95 bits per heavy atom. The molecule has 0 bridgehead atoms. The zero-order chi connectivity index (χ0) is 13.8. The van der Waals surface area contributed by atoms with Gasteiger partial charge in [-0.15, -0.1) is 0 Å². The van der Waals surface area contributed by atoms with Crippen LogP contribution in [0.25, 0.3) is 0 Å². The van der Waals surface area contributed by atoms with Crippen LogP contribution in [-0.2, 0) is 0 Å². The van der Waals surface area contributed by atoms with Crippen LogP contribution in [0.4, 0.5) is 5.69 Å². The van der Waals surface area contributed by atoms with Crippen molar-refractivity contribution in [1.82, 2.24) is 4.98 Å². The molecular weight excluding hydrogens is 240 g/mol. The monoisotopic (exact) mass is 254 g/mol. The highest BCUT2D eigenvalue weighted by Crippen LogP contribution is 2.18. The van der Waals surface area contributed by atoms with Gasteiger partial charge in [-0.2, -0.15) is 0 Å². The fraction of sp³-hybridized carbons (Fsp3) is 0.133. The Morgan fingerprint density at radius 1 is 1.16 bits per heavy atom. The highest BCUT2D eigenvalue weighted by Gasteiger charge is 2.12. The van der Waals surface area contributed by atoms with Gasteiger partial charge in [-0.1, -0.05) is 12.1 Å². The lowest BCUT2D eigenvalue weighted by Crippen LogP contribution is -2.15. The van der Waals surface area contributed by atoms with Crippen LogP contribution in [0.1, 0.15) is 33.3 Å². The molecule has 19 heavy (non-hydrogen) atoms. The number of benzene rings is 1. The lowest BCUT2D eigenvalue weighted by atomic mass is 10.1. The lowest BCUT2D eigenvalue weighted by Gasteiger charge is -2.09. The summed E-state index contributed by atoms with van der Waals surface area (Å²) in [6, 6.07) is 10.4. The van der Waals surface area contributed by atoms with Crippen molar-refractivity contribution in [3.63, 3.8) is 0 Å². The highest BCUT2D eigenvalue weighted by molar-refractivity contribution is 6.08. The molecule has 1 amide bonds. The van der Waals surface area contributed by atoms with E-state index in [0.717, 1.165) is 5.56 Å². The van der Waals surface area contributed by atoms with Gasteiger partial charge in [-0.3, -0.25) is 14.6 Å². The zero-order valence-electron chi connectivity index (χ0n) is 10.8. The molecule has 1 N–H and O–H groups in total. The van der Waals surface area contributed by atoms with Crippen molar-refractivity contribution in [2.24, 2.45) is 0 Å². The van der Waals surface area contributed by atoms with Crippen molar-refractivity contribution in [2.45, 2.75) is 13.8 Å². The molecule has 0 aliphatic carbocycles. The van der Waals surface area contributed by atoms with Gasteiger partial charge in [0.15, 0.2) is 5.78 Å². The number of Topliss-reactive ketones (excluding diaryl/α,β-unsaturated/α-hetero) is 1. The largest absolute Gasteiger partial charge is 0.320 e. The average molecular weight is 254 g/mol. The fourth-order valence-corrected chi connectivity index (χ4v) is 1.75. The van der Waals surface area contributed by atoms with Gasteiger partial charge >= 0.3 is 0 Å². The third-order valence-corrected chi connectivity index (χ3v) is 2.70. The third kappa shape index (κ3) is 3.04. The van der Waals surface area contributed by atoms with Crippen molar-refractivity contribution in [3.05, 3.63) is 59.4 Å². The van der Waals surface area contributed by atoms with Gasteiger partial charge in [0.05, 0.1) is 5.69 Å². The number of rotatable bonds is 3. The molecule has 96 valence electrons. The number of carbonyl (C=O) groups excluding carboxylic acids is 2. The third-order valence-electron chi connectivity index (χ3n) is 2.70. The first kappa shape index (κ1) is 13.0. The Labute approximate surface area is 111 Å². The summed E-state index contributed by atoms with van der Waals surface area (Å²) in [5.41, 5.74) is 2.30. The summed E-state index contributed by atoms with van der Waals surface area (Å²) in [5.74, 6) is -0.412. The molecule has 0 saturated carbocycles. The molecule has 0 saturated heterocycles. The van der Waals surface area contributed by atoms with Crippen LogP contribution < -0.4 is 5.32 Å². The minimum atomic E-state index is -0.325. The van der Waals surface area contributed by atoms with Crippen LogP contribution in [0, 0.1) is 6.92 Å². The number of hydrogen-bond acceptors (Lipinski definition) is 3. The summed E-state index contributed by atoms with van der Waals surface area (Å²) in [7, 11) is 0. The van der Waals surface area contributed by atoms with Gasteiger partial charge < -0.3 is 5.32 Å². The predicted octanol–water partition coefficient (Wildman–Crippen LogP) is 2.84. The van der Waals surface area contributed by atoms with E-state index in [1.165, 1.54) is 6.92 Å². The number of aryl methyl sites for hydroxylation is 1. The van der Waals surface area contributed by atoms with E-state index >= 15 is 0 Å². The van der Waals surface area contributed by atoms with E-state index < -0.39 is 0 Å². The van der Waals surface area contributed by atoms with Crippen LogP contribution >= 0.6 is 0 Å². The number of amides is 1.